The topological polar surface area (TPSA) is 56.8 Å². The van der Waals surface area contributed by atoms with Crippen molar-refractivity contribution in [2.45, 2.75) is 39.2 Å². The maximum Gasteiger partial charge on any atom is 0.255 e. The quantitative estimate of drug-likeness (QED) is 0.668. The van der Waals surface area contributed by atoms with Crippen molar-refractivity contribution in [2.75, 3.05) is 25.1 Å². The van der Waals surface area contributed by atoms with E-state index in [-0.39, 0.29) is 12.0 Å². The van der Waals surface area contributed by atoms with Crippen molar-refractivity contribution in [1.82, 2.24) is 0 Å². The molecule has 3 rings (SSSR count). The molecule has 0 bridgehead atoms. The summed E-state index contributed by atoms with van der Waals surface area (Å²) in [5.74, 6) is 1.91. The highest BCUT2D eigenvalue weighted by atomic mass is 16.5. The number of carbonyl (C=O) groups is 1. The van der Waals surface area contributed by atoms with Crippen LogP contribution in [0.4, 0.5) is 5.69 Å². The molecule has 1 fully saturated rings. The maximum absolute atomic E-state index is 12.5. The summed E-state index contributed by atoms with van der Waals surface area (Å²) in [5, 5.41) is 2.91. The molecule has 1 aliphatic heterocycles. The Balaban J connectivity index is 1.51. The molecular weight excluding hydrogens is 354 g/mol. The van der Waals surface area contributed by atoms with E-state index < -0.39 is 0 Å². The third-order valence-electron chi connectivity index (χ3n) is 4.63. The lowest BCUT2D eigenvalue weighted by Gasteiger charge is -2.12. The van der Waals surface area contributed by atoms with Gasteiger partial charge in [0.1, 0.15) is 18.1 Å². The number of anilines is 1. The Morgan fingerprint density at radius 3 is 2.68 bits per heavy atom. The Hall–Kier alpha value is -2.53. The first kappa shape index (κ1) is 20.2. The Morgan fingerprint density at radius 1 is 1.14 bits per heavy atom. The summed E-state index contributed by atoms with van der Waals surface area (Å²) >= 11 is 0. The third kappa shape index (κ3) is 6.27. The van der Waals surface area contributed by atoms with Gasteiger partial charge in [-0.2, -0.15) is 0 Å². The van der Waals surface area contributed by atoms with Gasteiger partial charge in [0.2, 0.25) is 0 Å². The molecule has 1 atom stereocenters. The van der Waals surface area contributed by atoms with Crippen LogP contribution < -0.4 is 14.8 Å². The van der Waals surface area contributed by atoms with Crippen LogP contribution in [-0.4, -0.2) is 31.8 Å². The summed E-state index contributed by atoms with van der Waals surface area (Å²) in [7, 11) is 0. The van der Waals surface area contributed by atoms with E-state index in [1.807, 2.05) is 36.4 Å². The Labute approximate surface area is 167 Å². The molecule has 1 N–H and O–H groups in total. The minimum Gasteiger partial charge on any atom is -0.494 e. The van der Waals surface area contributed by atoms with E-state index in [0.29, 0.717) is 30.4 Å². The first-order valence-corrected chi connectivity index (χ1v) is 9.99. The molecule has 1 amide bonds. The van der Waals surface area contributed by atoms with Crippen LogP contribution in [0.1, 0.15) is 43.5 Å². The minimum absolute atomic E-state index is 0.165. The number of benzene rings is 2. The van der Waals surface area contributed by atoms with Crippen molar-refractivity contribution >= 4 is 11.6 Å². The highest BCUT2D eigenvalue weighted by Gasteiger charge is 2.16. The maximum atomic E-state index is 12.5. The second-order valence-electron chi connectivity index (χ2n) is 7.48. The lowest BCUT2D eigenvalue weighted by atomic mass is 10.1. The van der Waals surface area contributed by atoms with Crippen molar-refractivity contribution in [3.05, 3.63) is 54.1 Å². The van der Waals surface area contributed by atoms with Crippen molar-refractivity contribution in [3.63, 3.8) is 0 Å². The predicted octanol–water partition coefficient (Wildman–Crippen LogP) is 4.92. The zero-order valence-electron chi connectivity index (χ0n) is 16.6. The number of nitrogens with one attached hydrogen (secondary N) is 1. The van der Waals surface area contributed by atoms with Gasteiger partial charge in [-0.1, -0.05) is 19.9 Å². The molecule has 2 aromatic carbocycles. The van der Waals surface area contributed by atoms with Crippen LogP contribution in [0.2, 0.25) is 0 Å². The predicted molar refractivity (Wildman–Crippen MR) is 110 cm³/mol. The largest absolute Gasteiger partial charge is 0.494 e. The molecule has 150 valence electrons. The Kier molecular flexibility index (Phi) is 7.31. The molecule has 0 spiro atoms. The summed E-state index contributed by atoms with van der Waals surface area (Å²) in [6.07, 6.45) is 3.32. The molecule has 5 heteroatoms. The lowest BCUT2D eigenvalue weighted by Crippen LogP contribution is -2.16. The van der Waals surface area contributed by atoms with Gasteiger partial charge in [-0.15, -0.1) is 0 Å². The van der Waals surface area contributed by atoms with E-state index in [9.17, 15) is 4.79 Å². The van der Waals surface area contributed by atoms with E-state index in [1.165, 1.54) is 0 Å². The molecule has 0 radical (unpaired) electrons. The fraction of sp³-hybridized carbons (Fsp3) is 0.435. The van der Waals surface area contributed by atoms with Gasteiger partial charge in [0, 0.05) is 17.9 Å². The zero-order chi connectivity index (χ0) is 19.8. The number of carbonyl (C=O) groups excluding carboxylic acids is 1. The van der Waals surface area contributed by atoms with E-state index in [2.05, 4.69) is 19.2 Å². The second-order valence-corrected chi connectivity index (χ2v) is 7.48. The molecule has 0 aliphatic carbocycles. The first-order valence-electron chi connectivity index (χ1n) is 9.99. The van der Waals surface area contributed by atoms with Crippen molar-refractivity contribution in [3.8, 4) is 11.5 Å². The van der Waals surface area contributed by atoms with Crippen molar-refractivity contribution in [2.24, 2.45) is 5.92 Å². The van der Waals surface area contributed by atoms with Gasteiger partial charge in [-0.3, -0.25) is 4.79 Å². The number of hydrogen-bond acceptors (Lipinski definition) is 4. The van der Waals surface area contributed by atoms with E-state index in [0.717, 1.165) is 37.3 Å². The molecule has 5 nitrogen and oxygen atoms in total. The van der Waals surface area contributed by atoms with Crippen LogP contribution >= 0.6 is 0 Å². The van der Waals surface area contributed by atoms with Crippen LogP contribution in [-0.2, 0) is 4.74 Å². The first-order chi connectivity index (χ1) is 13.6. The number of hydrogen-bond donors (Lipinski definition) is 1. The number of ether oxygens (including phenoxy) is 3. The van der Waals surface area contributed by atoms with E-state index in [1.54, 1.807) is 12.1 Å². The standard InChI is InChI=1S/C23H29NO4/c1-17(2)12-14-27-21-6-3-5-18(15-21)23(25)24-19-8-10-20(11-9-19)28-16-22-7-4-13-26-22/h3,5-6,8-11,15,17,22H,4,7,12-14,16H2,1-2H3,(H,24,25). The summed E-state index contributed by atoms with van der Waals surface area (Å²) in [6, 6.07) is 14.7. The molecule has 1 saturated heterocycles. The molecule has 1 aliphatic rings. The van der Waals surface area contributed by atoms with Gasteiger partial charge in [0.05, 0.1) is 12.7 Å². The average Bonchev–Trinajstić information content (AvgIpc) is 3.21. The molecule has 1 heterocycles. The van der Waals surface area contributed by atoms with Crippen molar-refractivity contribution < 1.29 is 19.0 Å². The Morgan fingerprint density at radius 2 is 1.96 bits per heavy atom. The zero-order valence-corrected chi connectivity index (χ0v) is 16.6. The average molecular weight is 383 g/mol. The fourth-order valence-corrected chi connectivity index (χ4v) is 2.94. The van der Waals surface area contributed by atoms with Gasteiger partial charge in [0.25, 0.3) is 5.91 Å². The van der Waals surface area contributed by atoms with E-state index >= 15 is 0 Å². The molecule has 1 unspecified atom stereocenters. The van der Waals surface area contributed by atoms with Crippen molar-refractivity contribution in [1.29, 1.82) is 0 Å². The van der Waals surface area contributed by atoms with Gasteiger partial charge in [0.15, 0.2) is 0 Å². The Bertz CT molecular complexity index is 751. The molecule has 2 aromatic rings. The summed E-state index contributed by atoms with van der Waals surface area (Å²) < 4.78 is 17.0. The highest BCUT2D eigenvalue weighted by molar-refractivity contribution is 6.04. The molecule has 0 aromatic heterocycles. The minimum atomic E-state index is -0.165. The normalized spacial score (nSPS) is 16.2. The molecular formula is C23H29NO4. The highest BCUT2D eigenvalue weighted by Crippen LogP contribution is 2.20. The molecule has 28 heavy (non-hydrogen) atoms. The lowest BCUT2D eigenvalue weighted by molar-refractivity contribution is 0.0679. The number of rotatable bonds is 9. The van der Waals surface area contributed by atoms with Crippen LogP contribution in [0, 0.1) is 5.92 Å². The summed E-state index contributed by atoms with van der Waals surface area (Å²) in [4.78, 5) is 12.5. The van der Waals surface area contributed by atoms with Crippen LogP contribution in [0.5, 0.6) is 11.5 Å². The van der Waals surface area contributed by atoms with Gasteiger partial charge in [-0.05, 0) is 67.6 Å². The number of amides is 1. The van der Waals surface area contributed by atoms with Gasteiger partial charge >= 0.3 is 0 Å². The second kappa shape index (κ2) is 10.1. The van der Waals surface area contributed by atoms with Crippen LogP contribution in [0.3, 0.4) is 0 Å². The SMILES string of the molecule is CC(C)CCOc1cccc(C(=O)Nc2ccc(OCC3CCCO3)cc2)c1. The third-order valence-corrected chi connectivity index (χ3v) is 4.63. The van der Waals surface area contributed by atoms with Crippen LogP contribution in [0.25, 0.3) is 0 Å². The smallest absolute Gasteiger partial charge is 0.255 e. The van der Waals surface area contributed by atoms with Gasteiger partial charge < -0.3 is 19.5 Å². The van der Waals surface area contributed by atoms with Gasteiger partial charge in [-0.25, -0.2) is 0 Å². The fourth-order valence-electron chi connectivity index (χ4n) is 2.94. The monoisotopic (exact) mass is 383 g/mol. The van der Waals surface area contributed by atoms with E-state index in [4.69, 9.17) is 14.2 Å². The summed E-state index contributed by atoms with van der Waals surface area (Å²) in [5.41, 5.74) is 1.29. The van der Waals surface area contributed by atoms with Crippen LogP contribution in [0.15, 0.2) is 48.5 Å². The summed E-state index contributed by atoms with van der Waals surface area (Å²) in [6.45, 7) is 6.35. The molecule has 0 saturated carbocycles.